The van der Waals surface area contributed by atoms with E-state index in [-0.39, 0.29) is 11.7 Å². The van der Waals surface area contributed by atoms with Gasteiger partial charge in [0.2, 0.25) is 0 Å². The summed E-state index contributed by atoms with van der Waals surface area (Å²) in [5.74, 6) is -0.624. The lowest BCUT2D eigenvalue weighted by Gasteiger charge is -2.13. The summed E-state index contributed by atoms with van der Waals surface area (Å²) in [5, 5.41) is 5.56. The Balaban J connectivity index is 2.44. The normalized spacial score (nSPS) is 10.2. The van der Waals surface area contributed by atoms with Crippen LogP contribution in [0.5, 0.6) is 0 Å². The second-order valence-electron chi connectivity index (χ2n) is 4.13. The van der Waals surface area contributed by atoms with Crippen molar-refractivity contribution in [3.05, 3.63) is 52.3 Å². The van der Waals surface area contributed by atoms with E-state index < -0.39 is 0 Å². The van der Waals surface area contributed by atoms with Crippen LogP contribution in [0, 0.1) is 5.82 Å². The molecule has 2 aromatic rings. The molecule has 0 heterocycles. The molecule has 0 spiro atoms. The molecular weight excluding hydrogens is 325 g/mol. The second kappa shape index (κ2) is 5.92. The van der Waals surface area contributed by atoms with Gasteiger partial charge in [-0.05, 0) is 52.3 Å². The Kier molecular flexibility index (Phi) is 4.24. The molecule has 1 amide bonds. The predicted molar refractivity (Wildman–Crippen MR) is 81.6 cm³/mol. The fraction of sp³-hybridized carbons (Fsp3) is 0.0714. The van der Waals surface area contributed by atoms with Crippen LogP contribution in [0.2, 0.25) is 0 Å². The fourth-order valence-electron chi connectivity index (χ4n) is 1.74. The van der Waals surface area contributed by atoms with Crippen molar-refractivity contribution in [2.24, 2.45) is 0 Å². The Morgan fingerprint density at radius 3 is 2.65 bits per heavy atom. The van der Waals surface area contributed by atoms with Crippen molar-refractivity contribution in [3.63, 3.8) is 0 Å². The number of nitrogen functional groups attached to an aromatic ring is 1. The molecule has 0 saturated heterocycles. The second-order valence-corrected chi connectivity index (χ2v) is 4.99. The molecule has 6 heteroatoms. The van der Waals surface area contributed by atoms with Crippen molar-refractivity contribution in [3.8, 4) is 0 Å². The van der Waals surface area contributed by atoms with Crippen molar-refractivity contribution in [1.82, 2.24) is 5.32 Å². The van der Waals surface area contributed by atoms with Crippen molar-refractivity contribution in [2.45, 2.75) is 0 Å². The molecule has 0 saturated carbocycles. The maximum absolute atomic E-state index is 13.3. The highest BCUT2D eigenvalue weighted by molar-refractivity contribution is 9.10. The van der Waals surface area contributed by atoms with Gasteiger partial charge < -0.3 is 16.4 Å². The van der Waals surface area contributed by atoms with Gasteiger partial charge in [-0.3, -0.25) is 4.79 Å². The largest absolute Gasteiger partial charge is 0.399 e. The van der Waals surface area contributed by atoms with Gasteiger partial charge in [0.1, 0.15) is 5.82 Å². The highest BCUT2D eigenvalue weighted by atomic mass is 79.9. The number of amides is 1. The predicted octanol–water partition coefficient (Wildman–Crippen LogP) is 3.27. The summed E-state index contributed by atoms with van der Waals surface area (Å²) >= 11 is 3.32. The molecule has 0 fully saturated rings. The van der Waals surface area contributed by atoms with Gasteiger partial charge in [0.25, 0.3) is 5.91 Å². The fourth-order valence-corrected chi connectivity index (χ4v) is 2.08. The van der Waals surface area contributed by atoms with E-state index in [0.29, 0.717) is 27.1 Å². The Morgan fingerprint density at radius 1 is 1.20 bits per heavy atom. The smallest absolute Gasteiger partial charge is 0.253 e. The number of anilines is 3. The maximum Gasteiger partial charge on any atom is 0.253 e. The van der Waals surface area contributed by atoms with E-state index in [4.69, 9.17) is 5.73 Å². The summed E-state index contributed by atoms with van der Waals surface area (Å²) in [7, 11) is 1.54. The molecule has 0 aromatic heterocycles. The van der Waals surface area contributed by atoms with E-state index in [0.717, 1.165) is 0 Å². The molecule has 4 nitrogen and oxygen atoms in total. The molecule has 0 bridgehead atoms. The van der Waals surface area contributed by atoms with E-state index in [1.807, 2.05) is 0 Å². The van der Waals surface area contributed by atoms with Gasteiger partial charge in [-0.2, -0.15) is 0 Å². The molecular formula is C14H13BrFN3O. The van der Waals surface area contributed by atoms with Crippen LogP contribution in [0.15, 0.2) is 40.9 Å². The summed E-state index contributed by atoms with van der Waals surface area (Å²) in [6, 6.07) is 9.14. The number of hydrogen-bond donors (Lipinski definition) is 3. The number of nitrogens with one attached hydrogen (secondary N) is 2. The Morgan fingerprint density at radius 2 is 1.95 bits per heavy atom. The molecule has 0 unspecified atom stereocenters. The third-order valence-electron chi connectivity index (χ3n) is 2.71. The molecule has 0 radical (unpaired) electrons. The number of carbonyl (C=O) groups excluding carboxylic acids is 1. The van der Waals surface area contributed by atoms with Crippen LogP contribution < -0.4 is 16.4 Å². The summed E-state index contributed by atoms with van der Waals surface area (Å²) in [5.41, 5.74) is 7.69. The van der Waals surface area contributed by atoms with E-state index in [1.54, 1.807) is 31.3 Å². The lowest BCUT2D eigenvalue weighted by atomic mass is 10.1. The minimum atomic E-state index is -0.374. The number of carbonyl (C=O) groups is 1. The first-order valence-electron chi connectivity index (χ1n) is 5.85. The number of rotatable bonds is 3. The summed E-state index contributed by atoms with van der Waals surface area (Å²) in [6.45, 7) is 0. The lowest BCUT2D eigenvalue weighted by molar-refractivity contribution is 0.0964. The van der Waals surface area contributed by atoms with Gasteiger partial charge in [-0.1, -0.05) is 0 Å². The van der Waals surface area contributed by atoms with Gasteiger partial charge >= 0.3 is 0 Å². The van der Waals surface area contributed by atoms with Crippen LogP contribution in [0.1, 0.15) is 10.4 Å². The zero-order chi connectivity index (χ0) is 14.7. The SMILES string of the molecule is CNC(=O)c1ccc(N)cc1Nc1cc(F)ccc1Br. The van der Waals surface area contributed by atoms with E-state index in [2.05, 4.69) is 26.6 Å². The van der Waals surface area contributed by atoms with E-state index in [9.17, 15) is 9.18 Å². The number of nitrogens with two attached hydrogens (primary N) is 1. The van der Waals surface area contributed by atoms with Gasteiger partial charge in [0.05, 0.1) is 16.9 Å². The molecule has 20 heavy (non-hydrogen) atoms. The summed E-state index contributed by atoms with van der Waals surface area (Å²) in [6.07, 6.45) is 0. The number of halogens is 2. The van der Waals surface area contributed by atoms with Crippen LogP contribution in [0.4, 0.5) is 21.5 Å². The standard InChI is InChI=1S/C14H13BrFN3O/c1-18-14(20)10-4-3-9(17)7-12(10)19-13-6-8(16)2-5-11(13)15/h2-7,19H,17H2,1H3,(H,18,20). The molecule has 0 aliphatic rings. The molecule has 0 aliphatic carbocycles. The summed E-state index contributed by atoms with van der Waals surface area (Å²) in [4.78, 5) is 11.8. The van der Waals surface area contributed by atoms with E-state index >= 15 is 0 Å². The van der Waals surface area contributed by atoms with Gasteiger partial charge in [0.15, 0.2) is 0 Å². The average Bonchev–Trinajstić information content (AvgIpc) is 2.42. The van der Waals surface area contributed by atoms with Crippen molar-refractivity contribution in [2.75, 3.05) is 18.1 Å². The highest BCUT2D eigenvalue weighted by Crippen LogP contribution is 2.29. The highest BCUT2D eigenvalue weighted by Gasteiger charge is 2.12. The molecule has 0 aliphatic heterocycles. The third kappa shape index (κ3) is 3.08. The molecule has 0 atom stereocenters. The van der Waals surface area contributed by atoms with Crippen LogP contribution in [0.3, 0.4) is 0 Å². The quantitative estimate of drug-likeness (QED) is 0.753. The molecule has 104 valence electrons. The molecule has 2 aromatic carbocycles. The first kappa shape index (κ1) is 14.3. The average molecular weight is 338 g/mol. The molecule has 4 N–H and O–H groups in total. The van der Waals surface area contributed by atoms with Crippen molar-refractivity contribution in [1.29, 1.82) is 0 Å². The maximum atomic E-state index is 13.3. The van der Waals surface area contributed by atoms with Crippen LogP contribution in [-0.4, -0.2) is 13.0 Å². The van der Waals surface area contributed by atoms with E-state index in [1.165, 1.54) is 12.1 Å². The van der Waals surface area contributed by atoms with Gasteiger partial charge in [-0.25, -0.2) is 4.39 Å². The number of benzene rings is 2. The lowest BCUT2D eigenvalue weighted by Crippen LogP contribution is -2.19. The van der Waals surface area contributed by atoms with Crippen molar-refractivity contribution >= 4 is 38.9 Å². The zero-order valence-electron chi connectivity index (χ0n) is 10.7. The molecule has 2 rings (SSSR count). The minimum Gasteiger partial charge on any atom is -0.399 e. The monoisotopic (exact) mass is 337 g/mol. The van der Waals surface area contributed by atoms with Gasteiger partial charge in [-0.15, -0.1) is 0 Å². The zero-order valence-corrected chi connectivity index (χ0v) is 12.3. The Labute approximate surface area is 124 Å². The topological polar surface area (TPSA) is 67.2 Å². The van der Waals surface area contributed by atoms with Crippen LogP contribution in [0.25, 0.3) is 0 Å². The minimum absolute atomic E-state index is 0.250. The van der Waals surface area contributed by atoms with Gasteiger partial charge in [0, 0.05) is 17.2 Å². The Hall–Kier alpha value is -2.08. The first-order chi connectivity index (χ1) is 9.51. The third-order valence-corrected chi connectivity index (χ3v) is 3.40. The van der Waals surface area contributed by atoms with Crippen LogP contribution in [-0.2, 0) is 0 Å². The number of hydrogen-bond acceptors (Lipinski definition) is 3. The first-order valence-corrected chi connectivity index (χ1v) is 6.64. The Bertz CT molecular complexity index is 661. The van der Waals surface area contributed by atoms with Crippen molar-refractivity contribution < 1.29 is 9.18 Å². The summed E-state index contributed by atoms with van der Waals surface area (Å²) < 4.78 is 14.0. The van der Waals surface area contributed by atoms with Crippen LogP contribution >= 0.6 is 15.9 Å².